The Balaban J connectivity index is 1.70. The molecule has 0 aliphatic rings. The van der Waals surface area contributed by atoms with Gasteiger partial charge in [0, 0.05) is 15.6 Å². The van der Waals surface area contributed by atoms with E-state index in [9.17, 15) is 4.79 Å². The van der Waals surface area contributed by atoms with E-state index in [0.717, 1.165) is 11.1 Å². The van der Waals surface area contributed by atoms with E-state index in [2.05, 4.69) is 20.7 Å². The fourth-order valence-corrected chi connectivity index (χ4v) is 2.41. The molecule has 0 saturated heterocycles. The van der Waals surface area contributed by atoms with Gasteiger partial charge in [0.15, 0.2) is 0 Å². The Labute approximate surface area is 154 Å². The number of amides is 1. The van der Waals surface area contributed by atoms with Crippen molar-refractivity contribution < 1.29 is 4.79 Å². The summed E-state index contributed by atoms with van der Waals surface area (Å²) in [6, 6.07) is 16.1. The van der Waals surface area contributed by atoms with Gasteiger partial charge in [-0.3, -0.25) is 9.89 Å². The summed E-state index contributed by atoms with van der Waals surface area (Å²) in [7, 11) is 0. The van der Waals surface area contributed by atoms with Crippen LogP contribution in [0.5, 0.6) is 0 Å². The van der Waals surface area contributed by atoms with Gasteiger partial charge in [-0.05, 0) is 42.8 Å². The van der Waals surface area contributed by atoms with Gasteiger partial charge in [-0.15, -0.1) is 0 Å². The standard InChI is InChI=1S/C18H14Cl2N4O/c1-11(12-2-6-14(19)7-3-12)21-24-18(25)17-10-16(22-23-17)13-4-8-15(20)9-5-13/h2-10H,1H3,(H,22,23)(H,24,25)/b21-11+. The monoisotopic (exact) mass is 372 g/mol. The van der Waals surface area contributed by atoms with Crippen molar-refractivity contribution in [2.75, 3.05) is 0 Å². The molecule has 3 rings (SSSR count). The lowest BCUT2D eigenvalue weighted by atomic mass is 10.1. The van der Waals surface area contributed by atoms with E-state index in [-0.39, 0.29) is 5.91 Å². The highest BCUT2D eigenvalue weighted by Crippen LogP contribution is 2.20. The highest BCUT2D eigenvalue weighted by molar-refractivity contribution is 6.31. The van der Waals surface area contributed by atoms with E-state index in [1.807, 2.05) is 24.3 Å². The van der Waals surface area contributed by atoms with Crippen LogP contribution in [0.15, 0.2) is 59.7 Å². The first-order chi connectivity index (χ1) is 12.0. The van der Waals surface area contributed by atoms with Crippen molar-refractivity contribution >= 4 is 34.8 Å². The van der Waals surface area contributed by atoms with Crippen LogP contribution in [0.4, 0.5) is 0 Å². The quantitative estimate of drug-likeness (QED) is 0.521. The van der Waals surface area contributed by atoms with Crippen LogP contribution >= 0.6 is 23.2 Å². The van der Waals surface area contributed by atoms with E-state index >= 15 is 0 Å². The number of rotatable bonds is 4. The number of nitrogens with one attached hydrogen (secondary N) is 2. The summed E-state index contributed by atoms with van der Waals surface area (Å²) in [5, 5.41) is 12.2. The zero-order valence-corrected chi connectivity index (χ0v) is 14.8. The molecule has 0 atom stereocenters. The minimum Gasteiger partial charge on any atom is -0.272 e. The Morgan fingerprint density at radius 2 is 1.64 bits per heavy atom. The second-order valence-electron chi connectivity index (χ2n) is 5.32. The lowest BCUT2D eigenvalue weighted by Crippen LogP contribution is -2.19. The smallest absolute Gasteiger partial charge is 0.272 e. The third-order valence-electron chi connectivity index (χ3n) is 3.55. The number of carbonyl (C=O) groups is 1. The summed E-state index contributed by atoms with van der Waals surface area (Å²) in [5.41, 5.74) is 5.88. The molecule has 1 aromatic heterocycles. The van der Waals surface area contributed by atoms with E-state index in [4.69, 9.17) is 23.2 Å². The lowest BCUT2D eigenvalue weighted by molar-refractivity contribution is 0.0950. The molecule has 25 heavy (non-hydrogen) atoms. The number of aromatic amines is 1. The third kappa shape index (κ3) is 4.26. The molecule has 0 saturated carbocycles. The number of carbonyl (C=O) groups excluding carboxylic acids is 1. The van der Waals surface area contributed by atoms with Gasteiger partial charge in [-0.2, -0.15) is 10.2 Å². The predicted molar refractivity (Wildman–Crippen MR) is 100 cm³/mol. The van der Waals surface area contributed by atoms with Gasteiger partial charge < -0.3 is 0 Å². The first-order valence-electron chi connectivity index (χ1n) is 7.45. The average molecular weight is 373 g/mol. The predicted octanol–water partition coefficient (Wildman–Crippen LogP) is 4.54. The molecule has 7 heteroatoms. The van der Waals surface area contributed by atoms with Gasteiger partial charge in [0.25, 0.3) is 5.91 Å². The van der Waals surface area contributed by atoms with E-state index < -0.39 is 0 Å². The normalized spacial score (nSPS) is 11.4. The summed E-state index contributed by atoms with van der Waals surface area (Å²) >= 11 is 11.7. The zero-order valence-electron chi connectivity index (χ0n) is 13.3. The molecule has 0 radical (unpaired) electrons. The molecule has 1 amide bonds. The minimum absolute atomic E-state index is 0.317. The Kier molecular flexibility index (Phi) is 5.16. The van der Waals surface area contributed by atoms with Gasteiger partial charge in [0.05, 0.1) is 11.4 Å². The van der Waals surface area contributed by atoms with Gasteiger partial charge in [0.1, 0.15) is 5.69 Å². The molecule has 2 aromatic carbocycles. The van der Waals surface area contributed by atoms with E-state index in [1.54, 1.807) is 37.3 Å². The van der Waals surface area contributed by atoms with Crippen molar-refractivity contribution in [1.29, 1.82) is 0 Å². The number of hydrogen-bond donors (Lipinski definition) is 2. The van der Waals surface area contributed by atoms with Gasteiger partial charge >= 0.3 is 0 Å². The van der Waals surface area contributed by atoms with Crippen molar-refractivity contribution in [2.24, 2.45) is 5.10 Å². The summed E-state index contributed by atoms with van der Waals surface area (Å²) in [6.07, 6.45) is 0. The highest BCUT2D eigenvalue weighted by Gasteiger charge is 2.11. The van der Waals surface area contributed by atoms with Gasteiger partial charge in [0.2, 0.25) is 0 Å². The first-order valence-corrected chi connectivity index (χ1v) is 8.20. The topological polar surface area (TPSA) is 70.1 Å². The van der Waals surface area contributed by atoms with Crippen molar-refractivity contribution in [2.45, 2.75) is 6.92 Å². The number of hydrogen-bond acceptors (Lipinski definition) is 3. The molecule has 0 fully saturated rings. The fourth-order valence-electron chi connectivity index (χ4n) is 2.16. The van der Waals surface area contributed by atoms with Crippen LogP contribution in [0.2, 0.25) is 10.0 Å². The van der Waals surface area contributed by atoms with Crippen LogP contribution in [-0.2, 0) is 0 Å². The molecule has 2 N–H and O–H groups in total. The number of nitrogens with zero attached hydrogens (tertiary/aromatic N) is 2. The summed E-state index contributed by atoms with van der Waals surface area (Å²) in [5.74, 6) is -0.374. The van der Waals surface area contributed by atoms with Gasteiger partial charge in [-0.25, -0.2) is 5.43 Å². The number of H-pyrrole nitrogens is 1. The van der Waals surface area contributed by atoms with Crippen molar-refractivity contribution in [1.82, 2.24) is 15.6 Å². The van der Waals surface area contributed by atoms with Crippen molar-refractivity contribution in [3.8, 4) is 11.3 Å². The number of aromatic nitrogens is 2. The Hall–Kier alpha value is -2.63. The maximum absolute atomic E-state index is 12.2. The number of halogens is 2. The van der Waals surface area contributed by atoms with Crippen molar-refractivity contribution in [3.05, 3.63) is 75.9 Å². The number of benzene rings is 2. The lowest BCUT2D eigenvalue weighted by Gasteiger charge is -2.02. The van der Waals surface area contributed by atoms with Crippen LogP contribution in [0, 0.1) is 0 Å². The molecular weight excluding hydrogens is 359 g/mol. The Morgan fingerprint density at radius 3 is 2.28 bits per heavy atom. The van der Waals surface area contributed by atoms with E-state index in [0.29, 0.717) is 27.1 Å². The molecule has 0 unspecified atom stereocenters. The molecule has 1 heterocycles. The maximum atomic E-state index is 12.2. The van der Waals surface area contributed by atoms with Crippen LogP contribution in [0.3, 0.4) is 0 Å². The number of hydrazone groups is 1. The zero-order chi connectivity index (χ0) is 17.8. The summed E-state index contributed by atoms with van der Waals surface area (Å²) in [6.45, 7) is 1.80. The highest BCUT2D eigenvalue weighted by atomic mass is 35.5. The van der Waals surface area contributed by atoms with Crippen molar-refractivity contribution in [3.63, 3.8) is 0 Å². The maximum Gasteiger partial charge on any atom is 0.289 e. The molecule has 126 valence electrons. The molecule has 0 aliphatic carbocycles. The SMILES string of the molecule is C/C(=N\NC(=O)c1cc(-c2ccc(Cl)cc2)n[nH]1)c1ccc(Cl)cc1. The molecule has 0 spiro atoms. The molecular formula is C18H14Cl2N4O. The Bertz CT molecular complexity index is 915. The second kappa shape index (κ2) is 7.51. The third-order valence-corrected chi connectivity index (χ3v) is 4.05. The Morgan fingerprint density at radius 1 is 1.04 bits per heavy atom. The molecule has 0 aliphatic heterocycles. The average Bonchev–Trinajstić information content (AvgIpc) is 3.11. The van der Waals surface area contributed by atoms with Crippen LogP contribution < -0.4 is 5.43 Å². The fraction of sp³-hybridized carbons (Fsp3) is 0.0556. The first kappa shape index (κ1) is 17.2. The largest absolute Gasteiger partial charge is 0.289 e. The minimum atomic E-state index is -0.374. The molecule has 0 bridgehead atoms. The van der Waals surface area contributed by atoms with Crippen LogP contribution in [0.25, 0.3) is 11.3 Å². The van der Waals surface area contributed by atoms with Gasteiger partial charge in [-0.1, -0.05) is 47.5 Å². The second-order valence-corrected chi connectivity index (χ2v) is 6.19. The van der Waals surface area contributed by atoms with Crippen LogP contribution in [-0.4, -0.2) is 21.8 Å². The molecule has 3 aromatic rings. The summed E-state index contributed by atoms with van der Waals surface area (Å²) in [4.78, 5) is 12.2. The van der Waals surface area contributed by atoms with Crippen LogP contribution in [0.1, 0.15) is 23.0 Å². The molecule has 5 nitrogen and oxygen atoms in total. The van der Waals surface area contributed by atoms with E-state index in [1.165, 1.54) is 0 Å². The summed E-state index contributed by atoms with van der Waals surface area (Å²) < 4.78 is 0.